The molecule has 0 aliphatic heterocycles. The van der Waals surface area contributed by atoms with E-state index in [0.717, 1.165) is 11.1 Å². The Hall–Kier alpha value is -1.80. The molecule has 0 aromatic heterocycles. The van der Waals surface area contributed by atoms with Crippen LogP contribution in [0.3, 0.4) is 0 Å². The molecule has 0 radical (unpaired) electrons. The number of carbonyl (C=O) groups excluding carboxylic acids is 1. The molecule has 0 fully saturated rings. The smallest absolute Gasteiger partial charge is 0.343 e. The van der Waals surface area contributed by atoms with Gasteiger partial charge in [0.2, 0.25) is 0 Å². The summed E-state index contributed by atoms with van der Waals surface area (Å²) < 4.78 is 5.28. The maximum absolute atomic E-state index is 11.9. The number of benzene rings is 2. The number of hydrogen-bond acceptors (Lipinski definition) is 2. The van der Waals surface area contributed by atoms with Crippen LogP contribution >= 0.6 is 11.6 Å². The average molecular weight is 261 g/mol. The van der Waals surface area contributed by atoms with Crippen LogP contribution in [0.5, 0.6) is 5.75 Å². The highest BCUT2D eigenvalue weighted by Gasteiger charge is 2.08. The van der Waals surface area contributed by atoms with E-state index < -0.39 is 0 Å². The van der Waals surface area contributed by atoms with Gasteiger partial charge in [-0.3, -0.25) is 0 Å². The second kappa shape index (κ2) is 5.23. The van der Waals surface area contributed by atoms with Gasteiger partial charge in [-0.1, -0.05) is 29.3 Å². The molecule has 0 amide bonds. The van der Waals surface area contributed by atoms with Crippen molar-refractivity contribution in [1.29, 1.82) is 0 Å². The predicted octanol–water partition coefficient (Wildman–Crippen LogP) is 4.18. The molecule has 2 aromatic rings. The first kappa shape index (κ1) is 12.7. The Morgan fingerprint density at radius 1 is 1.06 bits per heavy atom. The molecule has 0 aliphatic carbocycles. The molecule has 0 N–H and O–H groups in total. The summed E-state index contributed by atoms with van der Waals surface area (Å²) in [6, 6.07) is 12.4. The summed E-state index contributed by atoms with van der Waals surface area (Å²) in [6.07, 6.45) is 0. The lowest BCUT2D eigenvalue weighted by atomic mass is 10.1. The molecule has 92 valence electrons. The lowest BCUT2D eigenvalue weighted by molar-refractivity contribution is 0.0734. The molecule has 0 bridgehead atoms. The van der Waals surface area contributed by atoms with E-state index in [1.807, 2.05) is 26.0 Å². The Morgan fingerprint density at radius 3 is 2.33 bits per heavy atom. The number of esters is 1. The Bertz CT molecular complexity index is 574. The summed E-state index contributed by atoms with van der Waals surface area (Å²) in [4.78, 5) is 11.9. The van der Waals surface area contributed by atoms with Gasteiger partial charge in [-0.25, -0.2) is 4.79 Å². The topological polar surface area (TPSA) is 26.3 Å². The van der Waals surface area contributed by atoms with Crippen LogP contribution in [-0.4, -0.2) is 5.97 Å². The van der Waals surface area contributed by atoms with E-state index in [1.54, 1.807) is 30.3 Å². The monoisotopic (exact) mass is 260 g/mol. The van der Waals surface area contributed by atoms with Crippen molar-refractivity contribution in [2.24, 2.45) is 0 Å². The summed E-state index contributed by atoms with van der Waals surface area (Å²) in [5.41, 5.74) is 2.52. The van der Waals surface area contributed by atoms with E-state index >= 15 is 0 Å². The van der Waals surface area contributed by atoms with Crippen molar-refractivity contribution in [2.75, 3.05) is 0 Å². The molecule has 0 saturated heterocycles. The van der Waals surface area contributed by atoms with E-state index in [4.69, 9.17) is 16.3 Å². The fraction of sp³-hybridized carbons (Fsp3) is 0.133. The van der Waals surface area contributed by atoms with Gasteiger partial charge in [0.25, 0.3) is 0 Å². The van der Waals surface area contributed by atoms with Crippen LogP contribution in [0.1, 0.15) is 21.5 Å². The van der Waals surface area contributed by atoms with Crippen LogP contribution in [-0.2, 0) is 0 Å². The lowest BCUT2D eigenvalue weighted by Crippen LogP contribution is -2.08. The average Bonchev–Trinajstić information content (AvgIpc) is 2.34. The molecule has 0 spiro atoms. The molecule has 2 aromatic carbocycles. The third-order valence-corrected chi connectivity index (χ3v) is 3.05. The van der Waals surface area contributed by atoms with E-state index in [1.165, 1.54) is 0 Å². The molecule has 0 heterocycles. The summed E-state index contributed by atoms with van der Waals surface area (Å²) >= 11 is 5.91. The Balaban J connectivity index is 2.16. The van der Waals surface area contributed by atoms with Gasteiger partial charge in [0.05, 0.1) is 5.56 Å². The van der Waals surface area contributed by atoms with E-state index in [2.05, 4.69) is 0 Å². The van der Waals surface area contributed by atoms with Crippen molar-refractivity contribution < 1.29 is 9.53 Å². The fourth-order valence-electron chi connectivity index (χ4n) is 1.54. The zero-order chi connectivity index (χ0) is 13.1. The van der Waals surface area contributed by atoms with Crippen LogP contribution in [0.15, 0.2) is 42.5 Å². The highest BCUT2D eigenvalue weighted by atomic mass is 35.5. The third-order valence-electron chi connectivity index (χ3n) is 2.63. The second-order valence-electron chi connectivity index (χ2n) is 4.17. The SMILES string of the molecule is Cc1ccc(C(=O)Oc2ccc(Cl)c(C)c2)cc1. The van der Waals surface area contributed by atoms with Crippen LogP contribution in [0, 0.1) is 13.8 Å². The van der Waals surface area contributed by atoms with Gasteiger partial charge < -0.3 is 4.74 Å². The molecule has 18 heavy (non-hydrogen) atoms. The molecule has 2 rings (SSSR count). The number of rotatable bonds is 2. The Kier molecular flexibility index (Phi) is 3.68. The maximum atomic E-state index is 11.9. The lowest BCUT2D eigenvalue weighted by Gasteiger charge is -2.06. The van der Waals surface area contributed by atoms with Gasteiger partial charge >= 0.3 is 5.97 Å². The summed E-state index contributed by atoms with van der Waals surface area (Å²) in [6.45, 7) is 3.84. The van der Waals surface area contributed by atoms with E-state index in [-0.39, 0.29) is 5.97 Å². The largest absolute Gasteiger partial charge is 0.423 e. The zero-order valence-corrected chi connectivity index (χ0v) is 11.0. The predicted molar refractivity (Wildman–Crippen MR) is 72.3 cm³/mol. The van der Waals surface area contributed by atoms with Crippen LogP contribution in [0.2, 0.25) is 5.02 Å². The van der Waals surface area contributed by atoms with Gasteiger partial charge in [0.15, 0.2) is 0 Å². The zero-order valence-electron chi connectivity index (χ0n) is 10.2. The molecule has 0 unspecified atom stereocenters. The molecular weight excluding hydrogens is 248 g/mol. The van der Waals surface area contributed by atoms with E-state index in [9.17, 15) is 4.79 Å². The van der Waals surface area contributed by atoms with Gasteiger partial charge in [-0.15, -0.1) is 0 Å². The number of hydrogen-bond donors (Lipinski definition) is 0. The molecular formula is C15H13ClO2. The minimum absolute atomic E-state index is 0.364. The van der Waals surface area contributed by atoms with Crippen molar-refractivity contribution in [3.63, 3.8) is 0 Å². The van der Waals surface area contributed by atoms with Crippen molar-refractivity contribution in [1.82, 2.24) is 0 Å². The molecule has 3 heteroatoms. The minimum Gasteiger partial charge on any atom is -0.423 e. The van der Waals surface area contributed by atoms with Gasteiger partial charge in [0.1, 0.15) is 5.75 Å². The Labute approximate surface area is 111 Å². The van der Waals surface area contributed by atoms with Crippen molar-refractivity contribution in [3.8, 4) is 5.75 Å². The van der Waals surface area contributed by atoms with Gasteiger partial charge in [-0.2, -0.15) is 0 Å². The van der Waals surface area contributed by atoms with Crippen LogP contribution < -0.4 is 4.74 Å². The molecule has 0 atom stereocenters. The van der Waals surface area contributed by atoms with Crippen molar-refractivity contribution in [2.45, 2.75) is 13.8 Å². The summed E-state index contributed by atoms with van der Waals surface area (Å²) in [5, 5.41) is 0.658. The second-order valence-corrected chi connectivity index (χ2v) is 4.57. The molecule has 2 nitrogen and oxygen atoms in total. The number of ether oxygens (including phenoxy) is 1. The number of aryl methyl sites for hydroxylation is 2. The highest BCUT2D eigenvalue weighted by Crippen LogP contribution is 2.21. The molecule has 0 aliphatic rings. The fourth-order valence-corrected chi connectivity index (χ4v) is 1.65. The normalized spacial score (nSPS) is 10.2. The maximum Gasteiger partial charge on any atom is 0.343 e. The minimum atomic E-state index is -0.364. The van der Waals surface area contributed by atoms with Crippen molar-refractivity contribution >= 4 is 17.6 Å². The first-order chi connectivity index (χ1) is 8.56. The first-order valence-electron chi connectivity index (χ1n) is 5.61. The van der Waals surface area contributed by atoms with Gasteiger partial charge in [-0.05, 0) is 49.7 Å². The summed E-state index contributed by atoms with van der Waals surface area (Å²) in [5.74, 6) is 0.138. The Morgan fingerprint density at radius 2 is 1.72 bits per heavy atom. The first-order valence-corrected chi connectivity index (χ1v) is 5.99. The van der Waals surface area contributed by atoms with E-state index in [0.29, 0.717) is 16.3 Å². The quantitative estimate of drug-likeness (QED) is 0.598. The molecule has 0 saturated carbocycles. The van der Waals surface area contributed by atoms with Gasteiger partial charge in [0, 0.05) is 5.02 Å². The standard InChI is InChI=1S/C15H13ClO2/c1-10-3-5-12(6-4-10)15(17)18-13-7-8-14(16)11(2)9-13/h3-9H,1-2H3. The van der Waals surface area contributed by atoms with Crippen LogP contribution in [0.25, 0.3) is 0 Å². The van der Waals surface area contributed by atoms with Crippen LogP contribution in [0.4, 0.5) is 0 Å². The van der Waals surface area contributed by atoms with Crippen molar-refractivity contribution in [3.05, 3.63) is 64.2 Å². The number of halogens is 1. The third kappa shape index (κ3) is 2.90. The number of carbonyl (C=O) groups is 1. The summed E-state index contributed by atoms with van der Waals surface area (Å²) in [7, 11) is 0. The highest BCUT2D eigenvalue weighted by molar-refractivity contribution is 6.31.